The second-order valence-corrected chi connectivity index (χ2v) is 6.08. The topological polar surface area (TPSA) is 38.5 Å². The van der Waals surface area contributed by atoms with Crippen LogP contribution in [0.4, 0.5) is 0 Å². The first-order valence-corrected chi connectivity index (χ1v) is 6.49. The molecule has 1 heterocycles. The monoisotopic (exact) mass is 226 g/mol. The molecule has 1 aliphatic carbocycles. The van der Waals surface area contributed by atoms with Gasteiger partial charge in [0.1, 0.15) is 0 Å². The first-order valence-electron chi connectivity index (χ1n) is 6.49. The van der Waals surface area contributed by atoms with Crippen molar-refractivity contribution in [2.75, 3.05) is 20.2 Å². The van der Waals surface area contributed by atoms with E-state index in [-0.39, 0.29) is 5.54 Å². The Bertz CT molecular complexity index is 265. The van der Waals surface area contributed by atoms with Crippen molar-refractivity contribution < 1.29 is 4.74 Å². The van der Waals surface area contributed by atoms with E-state index in [9.17, 15) is 0 Å². The van der Waals surface area contributed by atoms with Gasteiger partial charge >= 0.3 is 0 Å². The molecule has 2 N–H and O–H groups in total. The largest absolute Gasteiger partial charge is 0.377 e. The number of ether oxygens (including phenoxy) is 1. The van der Waals surface area contributed by atoms with Gasteiger partial charge in [0.05, 0.1) is 6.10 Å². The Morgan fingerprint density at radius 2 is 2.12 bits per heavy atom. The summed E-state index contributed by atoms with van der Waals surface area (Å²) >= 11 is 0. The van der Waals surface area contributed by atoms with E-state index < -0.39 is 0 Å². The first kappa shape index (κ1) is 12.3. The van der Waals surface area contributed by atoms with Crippen molar-refractivity contribution in [3.8, 4) is 0 Å². The summed E-state index contributed by atoms with van der Waals surface area (Å²) in [6.45, 7) is 8.51. The summed E-state index contributed by atoms with van der Waals surface area (Å²) in [6, 6.07) is 0.533. The quantitative estimate of drug-likeness (QED) is 0.791. The third kappa shape index (κ3) is 1.69. The molecule has 3 nitrogen and oxygen atoms in total. The van der Waals surface area contributed by atoms with Gasteiger partial charge in [-0.25, -0.2) is 0 Å². The highest BCUT2D eigenvalue weighted by Crippen LogP contribution is 2.56. The van der Waals surface area contributed by atoms with Gasteiger partial charge in [-0.1, -0.05) is 6.92 Å². The summed E-state index contributed by atoms with van der Waals surface area (Å²) in [7, 11) is 2.23. The van der Waals surface area contributed by atoms with E-state index in [0.717, 1.165) is 19.6 Å². The average Bonchev–Trinajstić information content (AvgIpc) is 2.88. The molecule has 2 aliphatic rings. The third-order valence-electron chi connectivity index (χ3n) is 5.31. The molecule has 94 valence electrons. The van der Waals surface area contributed by atoms with E-state index in [0.29, 0.717) is 17.6 Å². The van der Waals surface area contributed by atoms with E-state index in [2.05, 4.69) is 32.7 Å². The maximum Gasteiger partial charge on any atom is 0.0703 e. The van der Waals surface area contributed by atoms with Crippen molar-refractivity contribution in [1.29, 1.82) is 0 Å². The molecule has 0 aromatic carbocycles. The van der Waals surface area contributed by atoms with Crippen LogP contribution in [0.1, 0.15) is 40.0 Å². The number of likely N-dealkylation sites (N-methyl/N-ethyl adjacent to an activating group) is 1. The van der Waals surface area contributed by atoms with Gasteiger partial charge in [-0.05, 0) is 45.6 Å². The molecule has 3 heteroatoms. The van der Waals surface area contributed by atoms with Crippen LogP contribution in [0.25, 0.3) is 0 Å². The minimum Gasteiger partial charge on any atom is -0.377 e. The molecule has 0 aromatic rings. The number of rotatable bonds is 4. The molecule has 0 radical (unpaired) electrons. The fraction of sp³-hybridized carbons (Fsp3) is 1.00. The zero-order chi connectivity index (χ0) is 12.0. The maximum atomic E-state index is 6.06. The molecule has 1 saturated heterocycles. The number of nitrogens with zero attached hydrogens (tertiary/aromatic N) is 1. The highest BCUT2D eigenvalue weighted by Gasteiger charge is 2.56. The van der Waals surface area contributed by atoms with Crippen molar-refractivity contribution >= 4 is 0 Å². The van der Waals surface area contributed by atoms with Gasteiger partial charge in [-0.15, -0.1) is 0 Å². The molecule has 3 unspecified atom stereocenters. The standard InChI is InChI=1S/C13H26N2O/c1-10-11(5-8-16-10)15(4)13(3,9-14)12(2)6-7-12/h10-11H,5-9,14H2,1-4H3. The molecule has 0 bridgehead atoms. The zero-order valence-corrected chi connectivity index (χ0v) is 11.1. The zero-order valence-electron chi connectivity index (χ0n) is 11.1. The van der Waals surface area contributed by atoms with Crippen molar-refractivity contribution in [1.82, 2.24) is 4.90 Å². The molecular formula is C13H26N2O. The van der Waals surface area contributed by atoms with Crippen molar-refractivity contribution in [2.45, 2.75) is 57.7 Å². The predicted molar refractivity (Wildman–Crippen MR) is 66.4 cm³/mol. The third-order valence-corrected chi connectivity index (χ3v) is 5.31. The molecule has 2 fully saturated rings. The second kappa shape index (κ2) is 3.97. The van der Waals surface area contributed by atoms with E-state index in [1.165, 1.54) is 12.8 Å². The van der Waals surface area contributed by atoms with Crippen LogP contribution in [0, 0.1) is 5.41 Å². The van der Waals surface area contributed by atoms with Gasteiger partial charge in [0.15, 0.2) is 0 Å². The Morgan fingerprint density at radius 3 is 2.50 bits per heavy atom. The van der Waals surface area contributed by atoms with Gasteiger partial charge in [-0.2, -0.15) is 0 Å². The van der Waals surface area contributed by atoms with Crippen LogP contribution in [0.2, 0.25) is 0 Å². The molecule has 0 spiro atoms. The van der Waals surface area contributed by atoms with E-state index in [4.69, 9.17) is 10.5 Å². The summed E-state index contributed by atoms with van der Waals surface area (Å²) in [5.41, 5.74) is 6.60. The highest BCUT2D eigenvalue weighted by molar-refractivity contribution is 5.10. The van der Waals surface area contributed by atoms with Crippen LogP contribution < -0.4 is 5.73 Å². The van der Waals surface area contributed by atoms with Gasteiger partial charge < -0.3 is 10.5 Å². The Morgan fingerprint density at radius 1 is 1.50 bits per heavy atom. The van der Waals surface area contributed by atoms with Crippen LogP contribution in [0.15, 0.2) is 0 Å². The molecule has 1 saturated carbocycles. The fourth-order valence-corrected chi connectivity index (χ4v) is 3.14. The summed E-state index contributed by atoms with van der Waals surface area (Å²) < 4.78 is 5.68. The second-order valence-electron chi connectivity index (χ2n) is 6.08. The molecule has 3 atom stereocenters. The molecular weight excluding hydrogens is 200 g/mol. The van der Waals surface area contributed by atoms with Crippen molar-refractivity contribution in [2.24, 2.45) is 11.1 Å². The lowest BCUT2D eigenvalue weighted by Crippen LogP contribution is -2.60. The Labute approximate surface area is 99.3 Å². The van der Waals surface area contributed by atoms with Crippen molar-refractivity contribution in [3.05, 3.63) is 0 Å². The van der Waals surface area contributed by atoms with E-state index in [1.54, 1.807) is 0 Å². The summed E-state index contributed by atoms with van der Waals surface area (Å²) in [6.07, 6.45) is 4.11. The minimum atomic E-state index is 0.125. The summed E-state index contributed by atoms with van der Waals surface area (Å²) in [5, 5.41) is 0. The van der Waals surface area contributed by atoms with E-state index >= 15 is 0 Å². The lowest BCUT2D eigenvalue weighted by Gasteiger charge is -2.47. The molecule has 1 aliphatic heterocycles. The lowest BCUT2D eigenvalue weighted by atomic mass is 9.81. The van der Waals surface area contributed by atoms with Gasteiger partial charge in [-0.3, -0.25) is 4.90 Å². The van der Waals surface area contributed by atoms with Gasteiger partial charge in [0, 0.05) is 24.7 Å². The van der Waals surface area contributed by atoms with Crippen LogP contribution in [-0.2, 0) is 4.74 Å². The molecule has 0 aromatic heterocycles. The van der Waals surface area contributed by atoms with Crippen molar-refractivity contribution in [3.63, 3.8) is 0 Å². The predicted octanol–water partition coefficient (Wildman–Crippen LogP) is 1.61. The maximum absolute atomic E-state index is 6.06. The number of hydrogen-bond acceptors (Lipinski definition) is 3. The Balaban J connectivity index is 2.14. The molecule has 16 heavy (non-hydrogen) atoms. The van der Waals surface area contributed by atoms with Gasteiger partial charge in [0.25, 0.3) is 0 Å². The summed E-state index contributed by atoms with van der Waals surface area (Å²) in [4.78, 5) is 2.50. The smallest absolute Gasteiger partial charge is 0.0703 e. The Kier molecular flexibility index (Phi) is 3.06. The molecule has 0 amide bonds. The number of nitrogens with two attached hydrogens (primary N) is 1. The highest BCUT2D eigenvalue weighted by atomic mass is 16.5. The average molecular weight is 226 g/mol. The SMILES string of the molecule is CC1OCCC1N(C)C(C)(CN)C1(C)CC1. The van der Waals surface area contributed by atoms with E-state index in [1.807, 2.05) is 0 Å². The summed E-state index contributed by atoms with van der Waals surface area (Å²) in [5.74, 6) is 0. The van der Waals surface area contributed by atoms with Crippen LogP contribution >= 0.6 is 0 Å². The Hall–Kier alpha value is -0.120. The lowest BCUT2D eigenvalue weighted by molar-refractivity contribution is 0.00257. The minimum absolute atomic E-state index is 0.125. The van der Waals surface area contributed by atoms with Crippen LogP contribution in [0.5, 0.6) is 0 Å². The van der Waals surface area contributed by atoms with Gasteiger partial charge in [0.2, 0.25) is 0 Å². The van der Waals surface area contributed by atoms with Crippen LogP contribution in [-0.4, -0.2) is 42.8 Å². The molecule has 2 rings (SSSR count). The fourth-order valence-electron chi connectivity index (χ4n) is 3.14. The van der Waals surface area contributed by atoms with Crippen LogP contribution in [0.3, 0.4) is 0 Å². The normalized spacial score (nSPS) is 36.4. The first-order chi connectivity index (χ1) is 7.44. The number of hydrogen-bond donors (Lipinski definition) is 1.